The van der Waals surface area contributed by atoms with E-state index in [1.54, 1.807) is 18.9 Å². The van der Waals surface area contributed by atoms with Crippen molar-refractivity contribution in [3.63, 3.8) is 0 Å². The Hall–Kier alpha value is -3.35. The van der Waals surface area contributed by atoms with Crippen molar-refractivity contribution in [2.45, 2.75) is 19.4 Å². The number of nitrogen functional groups attached to an aromatic ring is 1. The van der Waals surface area contributed by atoms with Crippen molar-refractivity contribution in [3.8, 4) is 16.9 Å². The molecule has 0 radical (unpaired) electrons. The van der Waals surface area contributed by atoms with Gasteiger partial charge in [-0.05, 0) is 36.6 Å². The summed E-state index contributed by atoms with van der Waals surface area (Å²) in [5.74, 6) is -0.0418. The molecule has 1 amide bonds. The summed E-state index contributed by atoms with van der Waals surface area (Å²) in [6.07, 6.45) is 0.357. The Balaban J connectivity index is 1.64. The van der Waals surface area contributed by atoms with Crippen LogP contribution in [0.15, 0.2) is 48.5 Å². The molecule has 0 spiro atoms. The summed E-state index contributed by atoms with van der Waals surface area (Å²) in [5, 5.41) is 7.45. The highest BCUT2D eigenvalue weighted by Crippen LogP contribution is 2.36. The first-order chi connectivity index (χ1) is 13.8. The maximum atomic E-state index is 12.5. The third-order valence-corrected chi connectivity index (χ3v) is 5.45. The van der Waals surface area contributed by atoms with Gasteiger partial charge in [-0.25, -0.2) is 0 Å². The van der Waals surface area contributed by atoms with Gasteiger partial charge in [0.25, 0.3) is 0 Å². The SMILES string of the molecule is COC(=O)[C@@]1(C)C[C@@H](COc2ccc(-c3ccc(C(=N)N)cc3)cc2)N(C)C1=O. The highest BCUT2D eigenvalue weighted by molar-refractivity contribution is 6.03. The van der Waals surface area contributed by atoms with E-state index in [2.05, 4.69) is 0 Å². The lowest BCUT2D eigenvalue weighted by atomic mass is 9.87. The Morgan fingerprint density at radius 1 is 1.17 bits per heavy atom. The maximum Gasteiger partial charge on any atom is 0.321 e. The second kappa shape index (κ2) is 7.95. The molecule has 7 nitrogen and oxygen atoms in total. The molecule has 0 saturated carbocycles. The minimum atomic E-state index is -1.16. The van der Waals surface area contributed by atoms with Crippen molar-refractivity contribution in [2.75, 3.05) is 20.8 Å². The number of nitrogens with two attached hydrogens (primary N) is 1. The second-order valence-electron chi connectivity index (χ2n) is 7.42. The zero-order chi connectivity index (χ0) is 21.2. The van der Waals surface area contributed by atoms with Crippen molar-refractivity contribution in [3.05, 3.63) is 54.1 Å². The van der Waals surface area contributed by atoms with Crippen LogP contribution in [0.3, 0.4) is 0 Å². The zero-order valence-corrected chi connectivity index (χ0v) is 16.8. The number of carbonyl (C=O) groups excluding carboxylic acids is 2. The Morgan fingerprint density at radius 3 is 2.24 bits per heavy atom. The van der Waals surface area contributed by atoms with Crippen molar-refractivity contribution in [1.29, 1.82) is 5.41 Å². The topological polar surface area (TPSA) is 106 Å². The molecule has 29 heavy (non-hydrogen) atoms. The molecule has 1 aliphatic heterocycles. The van der Waals surface area contributed by atoms with Crippen LogP contribution >= 0.6 is 0 Å². The number of hydrogen-bond donors (Lipinski definition) is 2. The van der Waals surface area contributed by atoms with Crippen molar-refractivity contribution in [2.24, 2.45) is 11.1 Å². The minimum absolute atomic E-state index is 0.0407. The molecule has 2 aromatic rings. The summed E-state index contributed by atoms with van der Waals surface area (Å²) in [7, 11) is 2.97. The quantitative estimate of drug-likeness (QED) is 0.338. The minimum Gasteiger partial charge on any atom is -0.491 e. The van der Waals surface area contributed by atoms with Crippen LogP contribution in [0.25, 0.3) is 11.1 Å². The Labute approximate surface area is 169 Å². The van der Waals surface area contributed by atoms with Crippen LogP contribution in [0.2, 0.25) is 0 Å². The lowest BCUT2D eigenvalue weighted by molar-refractivity contribution is -0.157. The van der Waals surface area contributed by atoms with E-state index in [1.807, 2.05) is 48.5 Å². The Morgan fingerprint density at radius 2 is 1.72 bits per heavy atom. The third-order valence-electron chi connectivity index (χ3n) is 5.45. The number of methoxy groups -OCH3 is 1. The predicted octanol–water partition coefficient (Wildman–Crippen LogP) is 2.43. The average molecular weight is 395 g/mol. The fourth-order valence-corrected chi connectivity index (χ4v) is 3.60. The molecular formula is C22H25N3O4. The van der Waals surface area contributed by atoms with Crippen LogP contribution in [-0.2, 0) is 14.3 Å². The predicted molar refractivity (Wildman–Crippen MR) is 110 cm³/mol. The number of ether oxygens (including phenoxy) is 2. The molecule has 3 rings (SSSR count). The molecule has 1 heterocycles. The number of amides is 1. The number of rotatable bonds is 6. The number of nitrogens with one attached hydrogen (secondary N) is 1. The van der Waals surface area contributed by atoms with Crippen molar-refractivity contribution >= 4 is 17.7 Å². The number of carbonyl (C=O) groups is 2. The van der Waals surface area contributed by atoms with Gasteiger partial charge in [-0.1, -0.05) is 36.4 Å². The number of amidine groups is 1. The van der Waals surface area contributed by atoms with Crippen LogP contribution in [-0.4, -0.2) is 49.4 Å². The van der Waals surface area contributed by atoms with Crippen LogP contribution in [0, 0.1) is 10.8 Å². The molecule has 7 heteroatoms. The molecule has 1 fully saturated rings. The summed E-state index contributed by atoms with van der Waals surface area (Å²) in [4.78, 5) is 26.0. The number of hydrogen-bond acceptors (Lipinski definition) is 5. The first-order valence-corrected chi connectivity index (χ1v) is 9.29. The number of benzene rings is 2. The first kappa shape index (κ1) is 20.4. The van der Waals surface area contributed by atoms with E-state index in [0.29, 0.717) is 24.3 Å². The van der Waals surface area contributed by atoms with Crippen LogP contribution < -0.4 is 10.5 Å². The van der Waals surface area contributed by atoms with E-state index in [4.69, 9.17) is 20.6 Å². The summed E-state index contributed by atoms with van der Waals surface area (Å²) in [5.41, 5.74) is 7.03. The molecule has 2 aromatic carbocycles. The summed E-state index contributed by atoms with van der Waals surface area (Å²) < 4.78 is 10.7. The molecule has 0 bridgehead atoms. The summed E-state index contributed by atoms with van der Waals surface area (Å²) >= 11 is 0. The smallest absolute Gasteiger partial charge is 0.321 e. The van der Waals surface area contributed by atoms with E-state index in [1.165, 1.54) is 7.11 Å². The van der Waals surface area contributed by atoms with Gasteiger partial charge in [0.15, 0.2) is 0 Å². The Bertz CT molecular complexity index is 924. The molecule has 152 valence electrons. The molecule has 0 aliphatic carbocycles. The summed E-state index contributed by atoms with van der Waals surface area (Å²) in [6, 6.07) is 14.9. The van der Waals surface area contributed by atoms with Crippen LogP contribution in [0.1, 0.15) is 18.9 Å². The molecule has 0 aromatic heterocycles. The molecule has 0 unspecified atom stereocenters. The van der Waals surface area contributed by atoms with Crippen molar-refractivity contribution < 1.29 is 19.1 Å². The highest BCUT2D eigenvalue weighted by Gasteiger charge is 2.53. The highest BCUT2D eigenvalue weighted by atomic mass is 16.5. The second-order valence-corrected chi connectivity index (χ2v) is 7.42. The van der Waals surface area contributed by atoms with Gasteiger partial charge in [-0.15, -0.1) is 0 Å². The molecular weight excluding hydrogens is 370 g/mol. The molecule has 1 saturated heterocycles. The number of likely N-dealkylation sites (tertiary alicyclic amines) is 1. The number of likely N-dealkylation sites (N-methyl/N-ethyl adjacent to an activating group) is 1. The fourth-order valence-electron chi connectivity index (χ4n) is 3.60. The zero-order valence-electron chi connectivity index (χ0n) is 16.8. The van der Waals surface area contributed by atoms with Gasteiger partial charge >= 0.3 is 5.97 Å². The first-order valence-electron chi connectivity index (χ1n) is 9.29. The van der Waals surface area contributed by atoms with Gasteiger partial charge in [0.05, 0.1) is 13.2 Å². The maximum absolute atomic E-state index is 12.5. The van der Waals surface area contributed by atoms with Gasteiger partial charge in [0, 0.05) is 12.6 Å². The van der Waals surface area contributed by atoms with E-state index in [0.717, 1.165) is 11.1 Å². The number of nitrogens with zero attached hydrogens (tertiary/aromatic N) is 1. The van der Waals surface area contributed by atoms with E-state index in [9.17, 15) is 9.59 Å². The average Bonchev–Trinajstić information content (AvgIpc) is 2.96. The van der Waals surface area contributed by atoms with Gasteiger partial charge < -0.3 is 20.1 Å². The lowest BCUT2D eigenvalue weighted by Crippen LogP contribution is -2.38. The normalized spacial score (nSPS) is 21.1. The standard InChI is InChI=1S/C22H25N3O4/c1-22(21(27)28-3)12-17(25(2)20(22)26)13-29-18-10-8-15(9-11-18)14-4-6-16(7-5-14)19(23)24/h4-11,17H,12-13H2,1-3H3,(H3,23,24)/t17-,22-/m0/s1. The fraction of sp³-hybridized carbons (Fsp3) is 0.318. The number of esters is 1. The van der Waals surface area contributed by atoms with Gasteiger partial charge in [0.1, 0.15) is 23.6 Å². The van der Waals surface area contributed by atoms with Gasteiger partial charge in [0.2, 0.25) is 5.91 Å². The molecule has 2 atom stereocenters. The van der Waals surface area contributed by atoms with Crippen LogP contribution in [0.5, 0.6) is 5.75 Å². The van der Waals surface area contributed by atoms with Gasteiger partial charge in [-0.3, -0.25) is 15.0 Å². The van der Waals surface area contributed by atoms with E-state index < -0.39 is 11.4 Å². The van der Waals surface area contributed by atoms with E-state index in [-0.39, 0.29) is 17.8 Å². The van der Waals surface area contributed by atoms with Gasteiger partial charge in [-0.2, -0.15) is 0 Å². The molecule has 3 N–H and O–H groups in total. The third kappa shape index (κ3) is 3.94. The van der Waals surface area contributed by atoms with E-state index >= 15 is 0 Å². The summed E-state index contributed by atoms with van der Waals surface area (Å²) in [6.45, 7) is 1.91. The largest absolute Gasteiger partial charge is 0.491 e. The Kier molecular flexibility index (Phi) is 5.59. The molecule has 1 aliphatic rings. The van der Waals surface area contributed by atoms with Crippen LogP contribution in [0.4, 0.5) is 0 Å². The monoisotopic (exact) mass is 395 g/mol. The van der Waals surface area contributed by atoms with Crippen molar-refractivity contribution in [1.82, 2.24) is 4.90 Å². The lowest BCUT2D eigenvalue weighted by Gasteiger charge is -2.20.